The van der Waals surface area contributed by atoms with Gasteiger partial charge in [-0.3, -0.25) is 9.78 Å². The number of benzene rings is 1. The van der Waals surface area contributed by atoms with Crippen LogP contribution in [0.3, 0.4) is 0 Å². The highest BCUT2D eigenvalue weighted by atomic mass is 16.5. The van der Waals surface area contributed by atoms with E-state index in [-0.39, 0.29) is 18.7 Å². The second-order valence-corrected chi connectivity index (χ2v) is 7.94. The van der Waals surface area contributed by atoms with Gasteiger partial charge in [-0.05, 0) is 54.9 Å². The van der Waals surface area contributed by atoms with Crippen LogP contribution in [0.25, 0.3) is 28.5 Å². The standard InChI is InChI=1S/C25H28N6O3/c1-3-16-12-21-20(11-15(16)2)30-24(31-21)23-19(7-10-28-25(23)33)29-13-17(32)14-34-22-5-4-9-27-18(22)6-8-26/h3-5,7,9-12,17,32H,1,6,8,13-14,26H2,2H3,(H,30,31)(H2,28,29,33). The lowest BCUT2D eigenvalue weighted by molar-refractivity contribution is 0.117. The van der Waals surface area contributed by atoms with Gasteiger partial charge in [-0.15, -0.1) is 0 Å². The van der Waals surface area contributed by atoms with Gasteiger partial charge in [0.05, 0.1) is 22.4 Å². The minimum atomic E-state index is -0.827. The zero-order valence-corrected chi connectivity index (χ0v) is 19.0. The maximum Gasteiger partial charge on any atom is 0.261 e. The fraction of sp³-hybridized carbons (Fsp3) is 0.240. The Kier molecular flexibility index (Phi) is 7.05. The molecule has 34 heavy (non-hydrogen) atoms. The van der Waals surface area contributed by atoms with Crippen LogP contribution in [-0.2, 0) is 6.42 Å². The molecule has 1 unspecified atom stereocenters. The number of pyridine rings is 2. The number of aryl methyl sites for hydroxylation is 1. The Labute approximate surface area is 196 Å². The Balaban J connectivity index is 1.50. The van der Waals surface area contributed by atoms with Crippen LogP contribution < -0.4 is 21.3 Å². The van der Waals surface area contributed by atoms with Gasteiger partial charge in [0.25, 0.3) is 5.56 Å². The molecule has 0 aliphatic rings. The number of hydrogen-bond acceptors (Lipinski definition) is 7. The number of aliphatic hydroxyl groups is 1. The molecule has 0 saturated carbocycles. The van der Waals surface area contributed by atoms with Gasteiger partial charge in [-0.1, -0.05) is 12.7 Å². The Morgan fingerprint density at radius 2 is 2.21 bits per heavy atom. The molecule has 1 atom stereocenters. The summed E-state index contributed by atoms with van der Waals surface area (Å²) in [5.41, 5.74) is 10.6. The largest absolute Gasteiger partial charge is 0.489 e. The predicted molar refractivity (Wildman–Crippen MR) is 134 cm³/mol. The first-order valence-corrected chi connectivity index (χ1v) is 11.0. The molecule has 6 N–H and O–H groups in total. The number of aliphatic hydroxyl groups excluding tert-OH is 1. The molecule has 0 radical (unpaired) electrons. The van der Waals surface area contributed by atoms with E-state index >= 15 is 0 Å². The van der Waals surface area contributed by atoms with Gasteiger partial charge in [0.2, 0.25) is 0 Å². The Morgan fingerprint density at radius 1 is 1.35 bits per heavy atom. The normalized spacial score (nSPS) is 12.0. The zero-order valence-electron chi connectivity index (χ0n) is 19.0. The summed E-state index contributed by atoms with van der Waals surface area (Å²) in [6.45, 7) is 6.51. The summed E-state index contributed by atoms with van der Waals surface area (Å²) in [6, 6.07) is 9.22. The van der Waals surface area contributed by atoms with Crippen LogP contribution in [-0.4, -0.2) is 50.8 Å². The fourth-order valence-electron chi connectivity index (χ4n) is 3.73. The van der Waals surface area contributed by atoms with E-state index in [1.165, 1.54) is 0 Å². The molecular formula is C25H28N6O3. The van der Waals surface area contributed by atoms with Gasteiger partial charge in [-0.25, -0.2) is 4.98 Å². The van der Waals surface area contributed by atoms with Crippen molar-refractivity contribution >= 4 is 22.8 Å². The molecule has 3 heterocycles. The third-order valence-electron chi connectivity index (χ3n) is 5.48. The number of rotatable bonds is 10. The number of nitrogens with zero attached hydrogens (tertiary/aromatic N) is 2. The summed E-state index contributed by atoms with van der Waals surface area (Å²) >= 11 is 0. The van der Waals surface area contributed by atoms with Gasteiger partial charge < -0.3 is 30.9 Å². The molecule has 9 heteroatoms. The summed E-state index contributed by atoms with van der Waals surface area (Å²) in [5, 5.41) is 13.6. The molecule has 4 rings (SSSR count). The van der Waals surface area contributed by atoms with Crippen LogP contribution in [0.4, 0.5) is 5.69 Å². The number of fused-ring (bicyclic) bond motifs is 1. The summed E-state index contributed by atoms with van der Waals surface area (Å²) in [7, 11) is 0. The van der Waals surface area contributed by atoms with Gasteiger partial charge >= 0.3 is 0 Å². The average Bonchev–Trinajstić information content (AvgIpc) is 3.23. The minimum Gasteiger partial charge on any atom is -0.489 e. The number of imidazole rings is 1. The van der Waals surface area contributed by atoms with Crippen LogP contribution >= 0.6 is 0 Å². The summed E-state index contributed by atoms with van der Waals surface area (Å²) in [6.07, 6.45) is 4.77. The number of aromatic amines is 2. The van der Waals surface area contributed by atoms with Crippen LogP contribution in [0.2, 0.25) is 0 Å². The van der Waals surface area contributed by atoms with Crippen molar-refractivity contribution < 1.29 is 9.84 Å². The molecule has 9 nitrogen and oxygen atoms in total. The van der Waals surface area contributed by atoms with E-state index in [1.54, 1.807) is 36.7 Å². The molecule has 4 aromatic rings. The van der Waals surface area contributed by atoms with Crippen molar-refractivity contribution in [1.82, 2.24) is 19.9 Å². The lowest BCUT2D eigenvalue weighted by Gasteiger charge is -2.16. The zero-order chi connectivity index (χ0) is 24.1. The molecular weight excluding hydrogens is 432 g/mol. The highest BCUT2D eigenvalue weighted by molar-refractivity contribution is 5.85. The van der Waals surface area contributed by atoms with E-state index in [9.17, 15) is 9.90 Å². The van der Waals surface area contributed by atoms with Crippen LogP contribution in [0.1, 0.15) is 16.8 Å². The average molecular weight is 461 g/mol. The molecule has 176 valence electrons. The highest BCUT2D eigenvalue weighted by Crippen LogP contribution is 2.26. The third kappa shape index (κ3) is 5.00. The molecule has 0 aliphatic heterocycles. The quantitative estimate of drug-likeness (QED) is 0.245. The molecule has 1 aromatic carbocycles. The number of nitrogens with two attached hydrogens (primary N) is 1. The third-order valence-corrected chi connectivity index (χ3v) is 5.48. The lowest BCUT2D eigenvalue weighted by atomic mass is 10.1. The number of ether oxygens (including phenoxy) is 1. The van der Waals surface area contributed by atoms with Gasteiger partial charge in [0.1, 0.15) is 29.8 Å². The van der Waals surface area contributed by atoms with Gasteiger partial charge in [-0.2, -0.15) is 0 Å². The van der Waals surface area contributed by atoms with E-state index in [2.05, 4.69) is 31.8 Å². The molecule has 0 saturated heterocycles. The first kappa shape index (κ1) is 23.2. The van der Waals surface area contributed by atoms with Crippen molar-refractivity contribution in [3.05, 3.63) is 76.5 Å². The minimum absolute atomic E-state index is 0.0586. The second kappa shape index (κ2) is 10.3. The Bertz CT molecular complexity index is 1360. The first-order chi connectivity index (χ1) is 16.5. The van der Waals surface area contributed by atoms with Crippen molar-refractivity contribution in [3.63, 3.8) is 0 Å². The van der Waals surface area contributed by atoms with Gasteiger partial charge in [0.15, 0.2) is 0 Å². The van der Waals surface area contributed by atoms with Crippen molar-refractivity contribution in [2.75, 3.05) is 25.0 Å². The van der Waals surface area contributed by atoms with Crippen molar-refractivity contribution in [3.8, 4) is 17.1 Å². The fourth-order valence-corrected chi connectivity index (χ4v) is 3.73. The van der Waals surface area contributed by atoms with E-state index in [1.807, 2.05) is 19.1 Å². The number of H-pyrrole nitrogens is 2. The van der Waals surface area contributed by atoms with E-state index < -0.39 is 6.10 Å². The molecule has 3 aromatic heterocycles. The second-order valence-electron chi connectivity index (χ2n) is 7.94. The maximum atomic E-state index is 12.7. The van der Waals surface area contributed by atoms with E-state index in [4.69, 9.17) is 10.5 Å². The summed E-state index contributed by atoms with van der Waals surface area (Å²) in [5.74, 6) is 1.03. The van der Waals surface area contributed by atoms with E-state index in [0.717, 1.165) is 27.9 Å². The molecule has 0 fully saturated rings. The highest BCUT2D eigenvalue weighted by Gasteiger charge is 2.16. The number of anilines is 1. The van der Waals surface area contributed by atoms with Crippen molar-refractivity contribution in [1.29, 1.82) is 0 Å². The van der Waals surface area contributed by atoms with Crippen LogP contribution in [0, 0.1) is 6.92 Å². The maximum absolute atomic E-state index is 12.7. The summed E-state index contributed by atoms with van der Waals surface area (Å²) < 4.78 is 5.75. The smallest absolute Gasteiger partial charge is 0.261 e. The monoisotopic (exact) mass is 460 g/mol. The van der Waals surface area contributed by atoms with Crippen molar-refractivity contribution in [2.24, 2.45) is 5.73 Å². The molecule has 0 aliphatic carbocycles. The van der Waals surface area contributed by atoms with Crippen LogP contribution in [0.5, 0.6) is 5.75 Å². The SMILES string of the molecule is C=Cc1cc2nc(-c3c(NCC(O)COc4cccnc4CCN)cc[nH]c3=O)[nH]c2cc1C. The number of nitrogens with one attached hydrogen (secondary N) is 3. The number of aromatic nitrogens is 4. The molecule has 0 bridgehead atoms. The Morgan fingerprint density at radius 3 is 3.00 bits per heavy atom. The number of hydrogen-bond donors (Lipinski definition) is 5. The molecule has 0 amide bonds. The van der Waals surface area contributed by atoms with Crippen LogP contribution in [0.15, 0.2) is 54.1 Å². The lowest BCUT2D eigenvalue weighted by Crippen LogP contribution is -2.27. The van der Waals surface area contributed by atoms with Crippen molar-refractivity contribution in [2.45, 2.75) is 19.4 Å². The van der Waals surface area contributed by atoms with E-state index in [0.29, 0.717) is 35.8 Å². The topological polar surface area (TPSA) is 142 Å². The summed E-state index contributed by atoms with van der Waals surface area (Å²) in [4.78, 5) is 27.5. The predicted octanol–water partition coefficient (Wildman–Crippen LogP) is 2.62. The Hall–Kier alpha value is -3.95. The van der Waals surface area contributed by atoms with Gasteiger partial charge in [0, 0.05) is 25.4 Å². The molecule has 0 spiro atoms. The first-order valence-electron chi connectivity index (χ1n) is 11.0.